The molecule has 2 heterocycles. The Balaban J connectivity index is 2.49. The Bertz CT molecular complexity index is 377. The van der Waals surface area contributed by atoms with Gasteiger partial charge in [-0.05, 0) is 18.2 Å². The fourth-order valence-electron chi connectivity index (χ4n) is 1.23. The molecule has 0 aliphatic heterocycles. The summed E-state index contributed by atoms with van der Waals surface area (Å²) in [5.74, 6) is 0. The monoisotopic (exact) mass is 177 g/mol. The van der Waals surface area contributed by atoms with Crippen LogP contribution in [0.3, 0.4) is 0 Å². The third-order valence-electron chi connectivity index (χ3n) is 1.97. The largest absolute Gasteiger partial charge is 0.394 e. The van der Waals surface area contributed by atoms with Crippen molar-refractivity contribution < 1.29 is 5.11 Å². The predicted molar refractivity (Wildman–Crippen MR) is 49.2 cm³/mol. The molecule has 2 aromatic heterocycles. The molecule has 0 bridgehead atoms. The van der Waals surface area contributed by atoms with Crippen molar-refractivity contribution in [3.8, 4) is 0 Å². The van der Waals surface area contributed by atoms with Gasteiger partial charge in [0.05, 0.1) is 23.9 Å². The molecule has 0 aromatic carbocycles. The number of aliphatic hydroxyl groups is 1. The van der Waals surface area contributed by atoms with Crippen LogP contribution in [0.25, 0.3) is 5.52 Å². The van der Waals surface area contributed by atoms with Crippen molar-refractivity contribution in [2.24, 2.45) is 5.73 Å². The maximum absolute atomic E-state index is 8.84. The van der Waals surface area contributed by atoms with Crippen LogP contribution in [0.1, 0.15) is 11.7 Å². The molecule has 2 aromatic rings. The van der Waals surface area contributed by atoms with Gasteiger partial charge in [0.15, 0.2) is 0 Å². The molecule has 0 aliphatic carbocycles. The highest BCUT2D eigenvalue weighted by Crippen LogP contribution is 2.11. The molecular weight excluding hydrogens is 166 g/mol. The van der Waals surface area contributed by atoms with Gasteiger partial charge in [-0.3, -0.25) is 0 Å². The molecule has 0 fully saturated rings. The highest BCUT2D eigenvalue weighted by atomic mass is 16.3. The average molecular weight is 177 g/mol. The third-order valence-corrected chi connectivity index (χ3v) is 1.97. The summed E-state index contributed by atoms with van der Waals surface area (Å²) in [6, 6.07) is 7.26. The molecule has 13 heavy (non-hydrogen) atoms. The van der Waals surface area contributed by atoms with Crippen molar-refractivity contribution in [3.63, 3.8) is 0 Å². The van der Waals surface area contributed by atoms with Gasteiger partial charge in [-0.2, -0.15) is 5.10 Å². The van der Waals surface area contributed by atoms with Crippen LogP contribution >= 0.6 is 0 Å². The van der Waals surface area contributed by atoms with Gasteiger partial charge >= 0.3 is 0 Å². The highest BCUT2D eigenvalue weighted by Gasteiger charge is 2.08. The lowest BCUT2D eigenvalue weighted by Crippen LogP contribution is -2.14. The van der Waals surface area contributed by atoms with Gasteiger partial charge in [0, 0.05) is 6.20 Å². The van der Waals surface area contributed by atoms with E-state index in [1.165, 1.54) is 0 Å². The van der Waals surface area contributed by atoms with Crippen LogP contribution in [0.4, 0.5) is 0 Å². The Hall–Kier alpha value is -1.39. The lowest BCUT2D eigenvalue weighted by molar-refractivity contribution is 0.265. The summed E-state index contributed by atoms with van der Waals surface area (Å²) in [7, 11) is 0. The van der Waals surface area contributed by atoms with Crippen molar-refractivity contribution in [2.75, 3.05) is 6.61 Å². The van der Waals surface area contributed by atoms with E-state index in [0.717, 1.165) is 5.52 Å². The van der Waals surface area contributed by atoms with Crippen LogP contribution in [-0.2, 0) is 0 Å². The molecule has 1 atom stereocenters. The number of rotatable bonds is 2. The second-order valence-electron chi connectivity index (χ2n) is 2.93. The van der Waals surface area contributed by atoms with E-state index < -0.39 is 0 Å². The van der Waals surface area contributed by atoms with Gasteiger partial charge in [-0.15, -0.1) is 0 Å². The van der Waals surface area contributed by atoms with Crippen LogP contribution in [0.15, 0.2) is 30.5 Å². The third kappa shape index (κ3) is 1.41. The summed E-state index contributed by atoms with van der Waals surface area (Å²) in [4.78, 5) is 0. The maximum Gasteiger partial charge on any atom is 0.0825 e. The quantitative estimate of drug-likeness (QED) is 0.694. The number of nitrogens with zero attached hydrogens (tertiary/aromatic N) is 2. The molecular formula is C9H11N3O. The standard InChI is InChI=1S/C9H11N3O/c10-8(6-13)9-5-7-3-1-2-4-12(7)11-9/h1-5,8,13H,6,10H2. The fourth-order valence-corrected chi connectivity index (χ4v) is 1.23. The SMILES string of the molecule is NC(CO)c1cc2ccccn2n1. The lowest BCUT2D eigenvalue weighted by Gasteiger charge is -2.01. The Kier molecular flexibility index (Phi) is 2.00. The van der Waals surface area contributed by atoms with Crippen LogP contribution in [-0.4, -0.2) is 21.3 Å². The molecule has 0 saturated heterocycles. The molecule has 0 saturated carbocycles. The normalized spacial score (nSPS) is 13.4. The maximum atomic E-state index is 8.84. The minimum absolute atomic E-state index is 0.0795. The van der Waals surface area contributed by atoms with Gasteiger partial charge < -0.3 is 10.8 Å². The van der Waals surface area contributed by atoms with Gasteiger partial charge in [0.1, 0.15) is 0 Å². The Morgan fingerprint density at radius 3 is 3.08 bits per heavy atom. The zero-order valence-electron chi connectivity index (χ0n) is 7.09. The second-order valence-corrected chi connectivity index (χ2v) is 2.93. The van der Waals surface area contributed by atoms with E-state index in [0.29, 0.717) is 5.69 Å². The van der Waals surface area contributed by atoms with E-state index in [1.807, 2.05) is 30.5 Å². The minimum Gasteiger partial charge on any atom is -0.394 e. The van der Waals surface area contributed by atoms with Crippen LogP contribution in [0, 0.1) is 0 Å². The van der Waals surface area contributed by atoms with Crippen molar-refractivity contribution in [1.82, 2.24) is 9.61 Å². The molecule has 0 amide bonds. The smallest absolute Gasteiger partial charge is 0.0825 e. The summed E-state index contributed by atoms with van der Waals surface area (Å²) in [5, 5.41) is 13.1. The zero-order chi connectivity index (χ0) is 9.26. The van der Waals surface area contributed by atoms with Gasteiger partial charge in [-0.25, -0.2) is 4.52 Å². The van der Waals surface area contributed by atoms with E-state index in [4.69, 9.17) is 10.8 Å². The van der Waals surface area contributed by atoms with Crippen LogP contribution in [0.2, 0.25) is 0 Å². The van der Waals surface area contributed by atoms with E-state index in [2.05, 4.69) is 5.10 Å². The molecule has 1 unspecified atom stereocenters. The number of aromatic nitrogens is 2. The molecule has 0 aliphatic rings. The first-order chi connectivity index (χ1) is 6.31. The summed E-state index contributed by atoms with van der Waals surface area (Å²) < 4.78 is 1.74. The molecule has 0 spiro atoms. The molecule has 4 nitrogen and oxygen atoms in total. The number of aliphatic hydroxyl groups excluding tert-OH is 1. The van der Waals surface area contributed by atoms with Crippen molar-refractivity contribution in [2.45, 2.75) is 6.04 Å². The van der Waals surface area contributed by atoms with Gasteiger partial charge in [0.25, 0.3) is 0 Å². The predicted octanol–water partition coefficient (Wildman–Crippen LogP) is 0.326. The van der Waals surface area contributed by atoms with Gasteiger partial charge in [-0.1, -0.05) is 6.07 Å². The first-order valence-corrected chi connectivity index (χ1v) is 4.12. The Morgan fingerprint density at radius 1 is 1.54 bits per heavy atom. The number of fused-ring (bicyclic) bond motifs is 1. The second kappa shape index (κ2) is 3.16. The number of nitrogens with two attached hydrogens (primary N) is 1. The summed E-state index contributed by atoms with van der Waals surface area (Å²) in [5.41, 5.74) is 7.34. The van der Waals surface area contributed by atoms with E-state index in [9.17, 15) is 0 Å². The molecule has 0 radical (unpaired) electrons. The molecule has 68 valence electrons. The Morgan fingerprint density at radius 2 is 2.38 bits per heavy atom. The zero-order valence-corrected chi connectivity index (χ0v) is 7.09. The first-order valence-electron chi connectivity index (χ1n) is 4.12. The van der Waals surface area contributed by atoms with Crippen molar-refractivity contribution >= 4 is 5.52 Å². The molecule has 3 N–H and O–H groups in total. The van der Waals surface area contributed by atoms with E-state index in [1.54, 1.807) is 4.52 Å². The summed E-state index contributed by atoms with van der Waals surface area (Å²) in [6.45, 7) is -0.0795. The number of hydrogen-bond donors (Lipinski definition) is 2. The van der Waals surface area contributed by atoms with E-state index in [-0.39, 0.29) is 12.6 Å². The molecule has 2 rings (SSSR count). The lowest BCUT2D eigenvalue weighted by atomic mass is 10.2. The van der Waals surface area contributed by atoms with Gasteiger partial charge in [0.2, 0.25) is 0 Å². The summed E-state index contributed by atoms with van der Waals surface area (Å²) >= 11 is 0. The number of pyridine rings is 1. The fraction of sp³-hybridized carbons (Fsp3) is 0.222. The minimum atomic E-state index is -0.389. The average Bonchev–Trinajstić information content (AvgIpc) is 2.59. The van der Waals surface area contributed by atoms with Crippen LogP contribution < -0.4 is 5.73 Å². The topological polar surface area (TPSA) is 63.5 Å². The molecule has 4 heteroatoms. The van der Waals surface area contributed by atoms with E-state index >= 15 is 0 Å². The van der Waals surface area contributed by atoms with Crippen molar-refractivity contribution in [3.05, 3.63) is 36.2 Å². The van der Waals surface area contributed by atoms with Crippen LogP contribution in [0.5, 0.6) is 0 Å². The summed E-state index contributed by atoms with van der Waals surface area (Å²) in [6.07, 6.45) is 1.85. The van der Waals surface area contributed by atoms with Crippen molar-refractivity contribution in [1.29, 1.82) is 0 Å². The first kappa shape index (κ1) is 8.22. The number of hydrogen-bond acceptors (Lipinski definition) is 3. The Labute approximate surface area is 75.6 Å². The highest BCUT2D eigenvalue weighted by molar-refractivity contribution is 5.47.